The molecule has 0 aliphatic carbocycles. The lowest BCUT2D eigenvalue weighted by Crippen LogP contribution is -2.61. The maximum absolute atomic E-state index is 15.7. The highest BCUT2D eigenvalue weighted by Crippen LogP contribution is 2.26. The largest absolute Gasteiger partial charge is 0.394 e. The van der Waals surface area contributed by atoms with Gasteiger partial charge in [-0.3, -0.25) is 86.9 Å². The number of imidazole rings is 1. The number of nitrogens with zero attached hydrogens (tertiary/aromatic N) is 6. The molecule has 2 fully saturated rings. The van der Waals surface area contributed by atoms with E-state index in [0.29, 0.717) is 57.0 Å². The summed E-state index contributed by atoms with van der Waals surface area (Å²) in [5.41, 5.74) is 20.0. The molecule has 0 bridgehead atoms. The molecule has 2 saturated heterocycles. The molecule has 17 amide bonds. The Hall–Kier alpha value is -13.5. The number of guanidine groups is 1. The maximum atomic E-state index is 15.7. The number of nitrogens with two attached hydrogens (primary N) is 3. The van der Waals surface area contributed by atoms with Gasteiger partial charge < -0.3 is 120 Å². The first-order chi connectivity index (χ1) is 62.8. The van der Waals surface area contributed by atoms with Gasteiger partial charge in [-0.25, -0.2) is 4.98 Å². The van der Waals surface area contributed by atoms with Gasteiger partial charge in [0.05, 0.1) is 38.2 Å². The summed E-state index contributed by atoms with van der Waals surface area (Å²) in [6, 6.07) is 2.83. The number of unbranched alkanes of at least 4 members (excludes halogenated alkanes) is 1. The highest BCUT2D eigenvalue weighted by atomic mass is 32.2. The van der Waals surface area contributed by atoms with Gasteiger partial charge in [0.2, 0.25) is 100 Å². The number of hydrogen-bond acceptors (Lipinski definition) is 21. The molecule has 3 aromatic carbocycles. The Bertz CT molecular complexity index is 5070. The normalized spacial score (nSPS) is 23.6. The second-order valence-corrected chi connectivity index (χ2v) is 35.2. The van der Waals surface area contributed by atoms with Crippen molar-refractivity contribution < 1.29 is 86.6 Å². The standard InChI is InChI=1S/C89H126N24O18S/c1-11-12-29-69-82(125)102-60(28-20-31-95-89(92)93)78(121)108-68(77(120)98-43-73(91)116)46-132-47-75(118)101-64(35-52-22-14-13-15-23-52)85(128)110(8)51(6)76(119)104-66(39-72(90)115)87(130)113-32-21-30-70(113)83(126)103-62(38-55-42-94-48-99-55)80(123)105-63(33-49(2)3)84(127)109(7)44-74(117)100-61(36-53-40-96-58-26-18-16-24-56(53)58)79(122)107-67(45-114)81(124)106-65(37-54-41-97-59-27-19-17-25-57(54)59)86(129)112(10)71(34-50(4)5)88(131)111(69)9/h13-19,22-27,40-42,48-51,60-71,96-97,114H,11-12,20-21,28-39,43-47H2,1-10H3,(H2,90,115)(H2,91,116)(H,94,99)(H,98,120)(H,100,117)(H,101,118)(H,102,125)(H,103,126)(H,104,119)(H,105,123)(H,106,124)(H,107,122)(H,108,121)(H4,92,93,95)/t51-,60-,61-,62-,63-,64-,65-,66-,67-,68-,69-,70-,71-/m0/s1. The minimum atomic E-state index is -1.85. The number of aliphatic hydroxyl groups excluding tert-OH is 1. The number of likely N-dealkylation sites (N-methyl/N-ethyl adjacent to an activating group) is 4. The first-order valence-corrected chi connectivity index (χ1v) is 45.2. The molecule has 0 unspecified atom stereocenters. The first kappa shape index (κ1) is 104. The van der Waals surface area contributed by atoms with Crippen molar-refractivity contribution >= 4 is 140 Å². The maximum Gasteiger partial charge on any atom is 0.246 e. The lowest BCUT2D eigenvalue weighted by atomic mass is 9.97. The molecule has 8 rings (SSSR count). The first-order valence-electron chi connectivity index (χ1n) is 44.1. The van der Waals surface area contributed by atoms with Gasteiger partial charge in [-0.05, 0) is 92.5 Å². The van der Waals surface area contributed by atoms with Crippen LogP contribution >= 0.6 is 11.8 Å². The minimum Gasteiger partial charge on any atom is -0.394 e. The van der Waals surface area contributed by atoms with Crippen LogP contribution in [0.4, 0.5) is 0 Å². The molecule has 3 aromatic heterocycles. The van der Waals surface area contributed by atoms with Gasteiger partial charge in [0.1, 0.15) is 78.5 Å². The van der Waals surface area contributed by atoms with Crippen molar-refractivity contribution in [3.63, 3.8) is 0 Å². The van der Waals surface area contributed by atoms with Crippen LogP contribution in [-0.4, -0.2) is 307 Å². The van der Waals surface area contributed by atoms with Gasteiger partial charge in [-0.2, -0.15) is 0 Å². The number of aromatic amines is 3. The number of benzene rings is 3. The molecule has 22 N–H and O–H groups in total. The monoisotopic (exact) mass is 1850 g/mol. The number of fused-ring (bicyclic) bond motifs is 3. The molecule has 13 atom stereocenters. The SMILES string of the molecule is CCCC[C@H]1C(=O)N[C@@H](CCCNC(=N)N)C(=O)N[C@H](C(=O)NCC(N)=O)CSCC(=O)N[C@@H](Cc2ccccc2)C(=O)N(C)[C@@H](C)C(=O)N[C@@H](CC(N)=O)C(=O)N2CCC[C@H]2C(=O)N[C@@H](Cc2cnc[nH]2)C(=O)N[C@@H](CC(C)C)C(=O)N(C)CC(=O)N[C@@H](Cc2c[nH]c3ccccc23)C(=O)N[C@@H](CO)C(=O)N[C@@H](Cc2c[nH]c3ccccc23)C(=O)N(C)[C@@H](CC(C)C)C(=O)N1C. The van der Waals surface area contributed by atoms with Crippen molar-refractivity contribution in [1.29, 1.82) is 5.41 Å². The minimum absolute atomic E-state index is 0.000761. The summed E-state index contributed by atoms with van der Waals surface area (Å²) in [6.07, 6.45) is 5.09. The van der Waals surface area contributed by atoms with Crippen molar-refractivity contribution in [1.82, 2.24) is 103 Å². The van der Waals surface area contributed by atoms with E-state index in [-0.39, 0.29) is 95.6 Å². The molecule has 0 saturated carbocycles. The zero-order valence-electron chi connectivity index (χ0n) is 76.0. The van der Waals surface area contributed by atoms with Crippen molar-refractivity contribution in [2.45, 2.75) is 210 Å². The van der Waals surface area contributed by atoms with Crippen LogP contribution in [0.5, 0.6) is 0 Å². The fourth-order valence-electron chi connectivity index (χ4n) is 15.8. The Labute approximate surface area is 768 Å². The van der Waals surface area contributed by atoms with E-state index in [1.165, 1.54) is 47.6 Å². The van der Waals surface area contributed by atoms with Crippen molar-refractivity contribution in [2.75, 3.05) is 72.5 Å². The second-order valence-electron chi connectivity index (χ2n) is 34.1. The number of para-hydroxylation sites is 2. The Morgan fingerprint density at radius 1 is 0.538 bits per heavy atom. The van der Waals surface area contributed by atoms with Gasteiger partial charge >= 0.3 is 0 Å². The Morgan fingerprint density at radius 3 is 1.68 bits per heavy atom. The van der Waals surface area contributed by atoms with Gasteiger partial charge in [0.15, 0.2) is 5.96 Å². The van der Waals surface area contributed by atoms with E-state index in [0.717, 1.165) is 36.3 Å². The topological polar surface area (TPSA) is 621 Å². The molecule has 43 heteroatoms. The molecular formula is C89H126N24O18S. The lowest BCUT2D eigenvalue weighted by Gasteiger charge is -2.37. The van der Waals surface area contributed by atoms with Crippen molar-refractivity contribution in [2.24, 2.45) is 29.0 Å². The smallest absolute Gasteiger partial charge is 0.246 e. The summed E-state index contributed by atoms with van der Waals surface area (Å²) in [7, 11) is 5.24. The number of nitrogens with one attached hydrogen (secondary N) is 15. The van der Waals surface area contributed by atoms with Crippen LogP contribution in [0.15, 0.2) is 104 Å². The van der Waals surface area contributed by atoms with Crippen LogP contribution in [0.2, 0.25) is 0 Å². The number of aliphatic hydroxyl groups is 1. The van der Waals surface area contributed by atoms with E-state index in [2.05, 4.69) is 78.4 Å². The van der Waals surface area contributed by atoms with Crippen molar-refractivity contribution in [3.8, 4) is 0 Å². The summed E-state index contributed by atoms with van der Waals surface area (Å²) in [6.45, 7) is 7.65. The molecule has 0 spiro atoms. The highest BCUT2D eigenvalue weighted by molar-refractivity contribution is 8.00. The summed E-state index contributed by atoms with van der Waals surface area (Å²) in [4.78, 5) is 267. The second kappa shape index (κ2) is 50.1. The third kappa shape index (κ3) is 30.0. The van der Waals surface area contributed by atoms with Gasteiger partial charge in [-0.1, -0.05) is 114 Å². The predicted octanol–water partition coefficient (Wildman–Crippen LogP) is -2.28. The van der Waals surface area contributed by atoms with Crippen LogP contribution in [0, 0.1) is 17.2 Å². The number of primary amides is 2. The fourth-order valence-corrected chi connectivity index (χ4v) is 16.6. The zero-order valence-corrected chi connectivity index (χ0v) is 76.9. The molecule has 0 radical (unpaired) electrons. The van der Waals surface area contributed by atoms with E-state index in [4.69, 9.17) is 22.6 Å². The average molecular weight is 1850 g/mol. The number of carbonyl (C=O) groups is 17. The average Bonchev–Trinajstić information content (AvgIpc) is 1.35. The number of carbonyl (C=O) groups excluding carboxylic acids is 17. The zero-order chi connectivity index (χ0) is 96.7. The van der Waals surface area contributed by atoms with Crippen LogP contribution in [-0.2, 0) is 107 Å². The molecule has 6 aromatic rings. The molecule has 5 heterocycles. The van der Waals surface area contributed by atoms with Gasteiger partial charge in [-0.15, -0.1) is 11.8 Å². The van der Waals surface area contributed by atoms with Gasteiger partial charge in [0.25, 0.3) is 0 Å². The lowest BCUT2D eigenvalue weighted by molar-refractivity contribution is -0.150. The summed E-state index contributed by atoms with van der Waals surface area (Å²) < 4.78 is 0. The third-order valence-electron chi connectivity index (χ3n) is 23.0. The molecule has 132 heavy (non-hydrogen) atoms. The molecule has 2 aliphatic rings. The highest BCUT2D eigenvalue weighted by Gasteiger charge is 2.44. The quantitative estimate of drug-likeness (QED) is 0.0163. The summed E-state index contributed by atoms with van der Waals surface area (Å²) >= 11 is 0.794. The van der Waals surface area contributed by atoms with Gasteiger partial charge in [0, 0.05) is 119 Å². The van der Waals surface area contributed by atoms with Crippen LogP contribution < -0.4 is 75.7 Å². The molecule has 716 valence electrons. The number of thioether (sulfide) groups is 1. The van der Waals surface area contributed by atoms with Crippen molar-refractivity contribution in [3.05, 3.63) is 126 Å². The van der Waals surface area contributed by atoms with E-state index in [9.17, 15) is 62.6 Å². The number of aromatic nitrogens is 4. The fraction of sp³-hybridized carbons (Fsp3) is 0.517. The Morgan fingerprint density at radius 2 is 1.08 bits per heavy atom. The summed E-state index contributed by atoms with van der Waals surface area (Å²) in [5.74, 6) is -17.5. The predicted molar refractivity (Wildman–Crippen MR) is 490 cm³/mol. The Balaban J connectivity index is 1.18. The Kier molecular flexibility index (Phi) is 39.4. The molecular weight excluding hydrogens is 1730 g/mol. The third-order valence-corrected chi connectivity index (χ3v) is 24.0. The molecule has 2 aliphatic heterocycles. The van der Waals surface area contributed by atoms with E-state index < -0.39 is 223 Å². The van der Waals surface area contributed by atoms with Crippen LogP contribution in [0.1, 0.15) is 128 Å². The number of H-pyrrole nitrogens is 3. The summed E-state index contributed by atoms with van der Waals surface area (Å²) in [5, 5.41) is 49.4. The number of amides is 17. The molecule has 42 nitrogen and oxygen atoms in total. The number of hydrogen-bond donors (Lipinski definition) is 19. The van der Waals surface area contributed by atoms with Crippen LogP contribution in [0.25, 0.3) is 21.8 Å². The van der Waals surface area contributed by atoms with Crippen LogP contribution in [0.3, 0.4) is 0 Å². The number of rotatable bonds is 25. The van der Waals surface area contributed by atoms with E-state index in [1.54, 1.807) is 119 Å². The van der Waals surface area contributed by atoms with E-state index >= 15 is 24.0 Å². The van der Waals surface area contributed by atoms with E-state index in [1.807, 2.05) is 6.92 Å².